The molecule has 0 bridgehead atoms. The van der Waals surface area contributed by atoms with Crippen LogP contribution in [-0.4, -0.2) is 22.9 Å². The summed E-state index contributed by atoms with van der Waals surface area (Å²) in [4.78, 5) is 0. The maximum absolute atomic E-state index is 6.71. The van der Waals surface area contributed by atoms with E-state index in [-0.39, 0.29) is 0 Å². The molecule has 80 valence electrons. The molecule has 0 nitrogen and oxygen atoms in total. The molecule has 13 heavy (non-hydrogen) atoms. The monoisotopic (exact) mass is 340 g/mol. The maximum atomic E-state index is 6.71. The van der Waals surface area contributed by atoms with Gasteiger partial charge in [0.2, 0.25) is 0 Å². The van der Waals surface area contributed by atoms with Gasteiger partial charge in [0.1, 0.15) is 0 Å². The van der Waals surface area contributed by atoms with Gasteiger partial charge in [-0.05, 0) is 0 Å². The SMILES string of the molecule is ClCCCCC[Te]1(Cl)CCCCC1. The van der Waals surface area contributed by atoms with Gasteiger partial charge < -0.3 is 0 Å². The molecule has 0 N–H and O–H groups in total. The Kier molecular flexibility index (Phi) is 6.49. The topological polar surface area (TPSA) is 0 Å². The number of unbranched alkanes of at least 4 members (excludes halogenated alkanes) is 2. The molecule has 0 atom stereocenters. The minimum atomic E-state index is -1.78. The molecule has 3 heteroatoms. The van der Waals surface area contributed by atoms with Crippen molar-refractivity contribution in [1.82, 2.24) is 0 Å². The van der Waals surface area contributed by atoms with Crippen molar-refractivity contribution in [2.45, 2.75) is 51.9 Å². The van der Waals surface area contributed by atoms with Gasteiger partial charge >= 0.3 is 95.4 Å². The third-order valence-corrected chi connectivity index (χ3v) is 14.8. The van der Waals surface area contributed by atoms with E-state index in [4.69, 9.17) is 20.6 Å². The Morgan fingerprint density at radius 1 is 0.923 bits per heavy atom. The van der Waals surface area contributed by atoms with Gasteiger partial charge in [-0.2, -0.15) is 0 Å². The molecular formula is C10H20Cl2Te. The fourth-order valence-electron chi connectivity index (χ4n) is 1.84. The van der Waals surface area contributed by atoms with Gasteiger partial charge in [0.05, 0.1) is 0 Å². The Morgan fingerprint density at radius 2 is 1.62 bits per heavy atom. The molecule has 0 aromatic carbocycles. The molecule has 0 amide bonds. The summed E-state index contributed by atoms with van der Waals surface area (Å²) < 4.78 is 4.23. The average Bonchev–Trinajstić information content (AvgIpc) is 2.14. The summed E-state index contributed by atoms with van der Waals surface area (Å²) in [5.74, 6) is 0.822. The van der Waals surface area contributed by atoms with Crippen LogP contribution in [0.1, 0.15) is 38.5 Å². The van der Waals surface area contributed by atoms with Crippen LogP contribution >= 0.6 is 20.6 Å². The van der Waals surface area contributed by atoms with Crippen LogP contribution in [-0.2, 0) is 0 Å². The first-order valence-electron chi connectivity index (χ1n) is 5.29. The van der Waals surface area contributed by atoms with Gasteiger partial charge in [0.25, 0.3) is 0 Å². The number of alkyl halides is 1. The molecular weight excluding hydrogens is 319 g/mol. The van der Waals surface area contributed by atoms with Crippen molar-refractivity contribution in [2.24, 2.45) is 0 Å². The summed E-state index contributed by atoms with van der Waals surface area (Å²) in [7, 11) is 6.71. The fourth-order valence-corrected chi connectivity index (χ4v) is 12.1. The Morgan fingerprint density at radius 3 is 2.23 bits per heavy atom. The van der Waals surface area contributed by atoms with Crippen LogP contribution < -0.4 is 0 Å². The van der Waals surface area contributed by atoms with Crippen molar-refractivity contribution in [3.8, 4) is 0 Å². The van der Waals surface area contributed by atoms with Crippen LogP contribution in [0.5, 0.6) is 0 Å². The first-order valence-corrected chi connectivity index (χ1v) is 13.7. The minimum absolute atomic E-state index is 0.822. The zero-order chi connectivity index (χ0) is 9.57. The Labute approximate surface area is 94.9 Å². The van der Waals surface area contributed by atoms with Crippen LogP contribution in [0.15, 0.2) is 0 Å². The number of rotatable bonds is 5. The summed E-state index contributed by atoms with van der Waals surface area (Å²) in [5, 5.41) is 0. The molecule has 0 spiro atoms. The standard InChI is InChI=1S/C10H20Cl2Te/c11-7-3-1-4-8-13(12)9-5-2-6-10-13/h1-10H2. The molecule has 1 aliphatic heterocycles. The van der Waals surface area contributed by atoms with Gasteiger partial charge in [-0.3, -0.25) is 0 Å². The van der Waals surface area contributed by atoms with E-state index in [0.717, 1.165) is 5.88 Å². The summed E-state index contributed by atoms with van der Waals surface area (Å²) in [6.45, 7) is 0. The molecule has 0 unspecified atom stereocenters. The number of hydrogen-bond acceptors (Lipinski definition) is 0. The third-order valence-electron chi connectivity index (χ3n) is 2.66. The Bertz CT molecular complexity index is 133. The quantitative estimate of drug-likeness (QED) is 0.385. The van der Waals surface area contributed by atoms with Crippen LogP contribution in [0.25, 0.3) is 0 Å². The van der Waals surface area contributed by atoms with E-state index < -0.39 is 17.1 Å². The molecule has 0 saturated carbocycles. The van der Waals surface area contributed by atoms with Gasteiger partial charge in [-0.15, -0.1) is 0 Å². The summed E-state index contributed by atoms with van der Waals surface area (Å²) >= 11 is 3.86. The number of halogens is 2. The zero-order valence-corrected chi connectivity index (χ0v) is 12.1. The van der Waals surface area contributed by atoms with Crippen LogP contribution in [0, 0.1) is 0 Å². The van der Waals surface area contributed by atoms with E-state index in [1.54, 1.807) is 0 Å². The van der Waals surface area contributed by atoms with Gasteiger partial charge in [0, 0.05) is 0 Å². The first kappa shape index (κ1) is 12.4. The predicted molar refractivity (Wildman–Crippen MR) is 64.5 cm³/mol. The zero-order valence-electron chi connectivity index (χ0n) is 8.24. The van der Waals surface area contributed by atoms with E-state index >= 15 is 0 Å². The van der Waals surface area contributed by atoms with Crippen molar-refractivity contribution in [3.63, 3.8) is 0 Å². The van der Waals surface area contributed by atoms with Crippen LogP contribution in [0.3, 0.4) is 0 Å². The van der Waals surface area contributed by atoms with E-state index in [2.05, 4.69) is 0 Å². The first-order chi connectivity index (χ1) is 6.27. The Hall–Kier alpha value is 1.37. The second-order valence-corrected chi connectivity index (χ2v) is 17.5. The van der Waals surface area contributed by atoms with E-state index in [9.17, 15) is 0 Å². The summed E-state index contributed by atoms with van der Waals surface area (Å²) in [5.41, 5.74) is 0. The molecule has 1 aliphatic rings. The summed E-state index contributed by atoms with van der Waals surface area (Å²) in [6, 6.07) is 0. The normalized spacial score (nSPS) is 24.2. The van der Waals surface area contributed by atoms with Crippen molar-refractivity contribution in [1.29, 1.82) is 0 Å². The fraction of sp³-hybridized carbons (Fsp3) is 1.00. The number of hydrogen-bond donors (Lipinski definition) is 0. The molecule has 1 fully saturated rings. The molecule has 1 saturated heterocycles. The molecule has 1 heterocycles. The van der Waals surface area contributed by atoms with Crippen molar-refractivity contribution < 1.29 is 0 Å². The second kappa shape index (κ2) is 6.78. The Balaban J connectivity index is 2.10. The molecule has 0 aliphatic carbocycles. The molecule has 0 aromatic rings. The molecule has 0 aromatic heterocycles. The van der Waals surface area contributed by atoms with Crippen molar-refractivity contribution in [3.05, 3.63) is 0 Å². The molecule has 0 radical (unpaired) electrons. The van der Waals surface area contributed by atoms with Gasteiger partial charge in [-0.1, -0.05) is 0 Å². The third kappa shape index (κ3) is 5.12. The van der Waals surface area contributed by atoms with Crippen LogP contribution in [0.2, 0.25) is 13.4 Å². The van der Waals surface area contributed by atoms with Gasteiger partial charge in [0.15, 0.2) is 0 Å². The van der Waals surface area contributed by atoms with Gasteiger partial charge in [-0.25, -0.2) is 0 Å². The average molecular weight is 339 g/mol. The predicted octanol–water partition coefficient (Wildman–Crippen LogP) is 4.76. The van der Waals surface area contributed by atoms with Crippen molar-refractivity contribution in [2.75, 3.05) is 5.88 Å². The van der Waals surface area contributed by atoms with Crippen molar-refractivity contribution >= 4 is 37.6 Å². The summed E-state index contributed by atoms with van der Waals surface area (Å²) in [6.07, 6.45) is 8.08. The second-order valence-electron chi connectivity index (χ2n) is 3.86. The van der Waals surface area contributed by atoms with Crippen LogP contribution in [0.4, 0.5) is 0 Å². The molecule has 1 rings (SSSR count). The van der Waals surface area contributed by atoms with E-state index in [0.29, 0.717) is 0 Å². The van der Waals surface area contributed by atoms with E-state index in [1.165, 1.54) is 51.9 Å². The van der Waals surface area contributed by atoms with E-state index in [1.807, 2.05) is 0 Å².